The van der Waals surface area contributed by atoms with Crippen LogP contribution in [0.2, 0.25) is 0 Å². The van der Waals surface area contributed by atoms with Crippen molar-refractivity contribution in [1.82, 2.24) is 0 Å². The third kappa shape index (κ3) is 69.2. The lowest BCUT2D eigenvalue weighted by Crippen LogP contribution is -2.30. The molecule has 0 aliphatic rings. The van der Waals surface area contributed by atoms with Crippen LogP contribution in [-0.2, 0) is 65.4 Å². The van der Waals surface area contributed by atoms with Gasteiger partial charge in [0.25, 0.3) is 0 Å². The van der Waals surface area contributed by atoms with Crippen LogP contribution >= 0.6 is 15.6 Å². The van der Waals surface area contributed by atoms with Crippen molar-refractivity contribution in [1.29, 1.82) is 0 Å². The lowest BCUT2D eigenvalue weighted by Gasteiger charge is -2.21. The first-order chi connectivity index (χ1) is 46.4. The molecule has 96 heavy (non-hydrogen) atoms. The van der Waals surface area contributed by atoms with Gasteiger partial charge in [-0.25, -0.2) is 9.13 Å². The molecule has 0 aliphatic carbocycles. The van der Waals surface area contributed by atoms with Crippen LogP contribution in [-0.4, -0.2) is 96.7 Å². The van der Waals surface area contributed by atoms with Crippen molar-refractivity contribution in [2.45, 2.75) is 419 Å². The molecule has 0 heterocycles. The van der Waals surface area contributed by atoms with E-state index in [4.69, 9.17) is 37.0 Å². The molecule has 0 radical (unpaired) electrons. The molecule has 0 rings (SSSR count). The molecule has 17 nitrogen and oxygen atoms in total. The van der Waals surface area contributed by atoms with Crippen LogP contribution in [0.3, 0.4) is 0 Å². The van der Waals surface area contributed by atoms with Gasteiger partial charge in [0.05, 0.1) is 26.4 Å². The SMILES string of the molecule is CCCCCCCCCCCCCCCCCCCC(=O)OC[C@H](COP(=O)(O)OC[C@@H](O)COP(=O)(O)OC[C@@H](COC(=O)CCCCCCCCCCCC)OC(=O)CCCCCCCCC(C)CC)OC(=O)CCCCCCCCCCCCCCCCCCC(C)C. The molecule has 0 saturated heterocycles. The summed E-state index contributed by atoms with van der Waals surface area (Å²) in [4.78, 5) is 72.8. The van der Waals surface area contributed by atoms with Gasteiger partial charge in [-0.1, -0.05) is 350 Å². The second kappa shape index (κ2) is 68.8. The summed E-state index contributed by atoms with van der Waals surface area (Å²) in [5, 5.41) is 10.6. The monoisotopic (exact) mass is 1410 g/mol. The lowest BCUT2D eigenvalue weighted by atomic mass is 10.00. The molecule has 0 aliphatic heterocycles. The number of hydrogen-bond acceptors (Lipinski definition) is 15. The van der Waals surface area contributed by atoms with Gasteiger partial charge in [-0.2, -0.15) is 0 Å². The molecular formula is C77H150O17P2. The number of rotatable bonds is 76. The predicted octanol–water partition coefficient (Wildman–Crippen LogP) is 22.7. The topological polar surface area (TPSA) is 237 Å². The summed E-state index contributed by atoms with van der Waals surface area (Å²) in [6.45, 7) is 9.58. The number of aliphatic hydroxyl groups excluding tert-OH is 1. The fourth-order valence-electron chi connectivity index (χ4n) is 11.8. The minimum atomic E-state index is -4.96. The molecule has 0 aromatic heterocycles. The number of carbonyl (C=O) groups excluding carboxylic acids is 4. The maximum atomic E-state index is 13.1. The van der Waals surface area contributed by atoms with E-state index < -0.39 is 97.5 Å². The molecular weight excluding hydrogens is 1260 g/mol. The fourth-order valence-corrected chi connectivity index (χ4v) is 13.4. The van der Waals surface area contributed by atoms with E-state index in [0.29, 0.717) is 25.7 Å². The molecule has 0 saturated carbocycles. The molecule has 6 atom stereocenters. The zero-order chi connectivity index (χ0) is 70.7. The normalized spacial score (nSPS) is 14.3. The van der Waals surface area contributed by atoms with Gasteiger partial charge in [0.1, 0.15) is 19.3 Å². The number of hydrogen-bond donors (Lipinski definition) is 3. The molecule has 0 amide bonds. The first-order valence-corrected chi connectivity index (χ1v) is 43.0. The molecule has 0 fully saturated rings. The van der Waals surface area contributed by atoms with Gasteiger partial charge < -0.3 is 33.8 Å². The zero-order valence-corrected chi connectivity index (χ0v) is 64.5. The standard InChI is InChI=1S/C77H150O17P2/c1-7-10-12-14-16-18-20-21-22-23-27-30-33-37-41-48-54-60-75(80)87-65-72(93-76(81)61-55-49-42-38-34-31-28-25-24-26-29-32-35-39-45-51-57-69(4)5)67-91-95(83,84)89-63-71(78)64-90-96(85,86)92-68-73(94-77(82)62-56-50-44-43-46-52-58-70(6)9-3)66-88-74(79)59-53-47-40-36-19-17-15-13-11-8-2/h69-73,78H,7-68H2,1-6H3,(H,83,84)(H,85,86)/t70?,71-,72-,73-/m1/s1. The van der Waals surface area contributed by atoms with Crippen molar-refractivity contribution < 1.29 is 80.2 Å². The Bertz CT molecular complexity index is 1860. The Kier molecular flexibility index (Phi) is 67.4. The Hall–Kier alpha value is -1.94. The van der Waals surface area contributed by atoms with Gasteiger partial charge in [0.2, 0.25) is 0 Å². The molecule has 3 unspecified atom stereocenters. The number of unbranched alkanes of at least 4 members (excludes halogenated alkanes) is 45. The zero-order valence-electron chi connectivity index (χ0n) is 62.7. The van der Waals surface area contributed by atoms with Crippen LogP contribution < -0.4 is 0 Å². The van der Waals surface area contributed by atoms with Crippen molar-refractivity contribution in [2.24, 2.45) is 11.8 Å². The summed E-state index contributed by atoms with van der Waals surface area (Å²) < 4.78 is 68.5. The minimum Gasteiger partial charge on any atom is -0.462 e. The molecule has 0 aromatic rings. The van der Waals surface area contributed by atoms with Crippen molar-refractivity contribution >= 4 is 39.5 Å². The lowest BCUT2D eigenvalue weighted by molar-refractivity contribution is -0.161. The van der Waals surface area contributed by atoms with E-state index >= 15 is 0 Å². The highest BCUT2D eigenvalue weighted by atomic mass is 31.2. The second-order valence-electron chi connectivity index (χ2n) is 28.5. The highest BCUT2D eigenvalue weighted by molar-refractivity contribution is 7.47. The Morgan fingerprint density at radius 3 is 0.792 bits per heavy atom. The van der Waals surface area contributed by atoms with Gasteiger partial charge in [0, 0.05) is 25.7 Å². The second-order valence-corrected chi connectivity index (χ2v) is 31.4. The van der Waals surface area contributed by atoms with Crippen LogP contribution in [0.15, 0.2) is 0 Å². The van der Waals surface area contributed by atoms with Crippen LogP contribution in [0.1, 0.15) is 401 Å². The van der Waals surface area contributed by atoms with Gasteiger partial charge in [-0.3, -0.25) is 37.3 Å². The smallest absolute Gasteiger partial charge is 0.462 e. The van der Waals surface area contributed by atoms with Gasteiger partial charge >= 0.3 is 39.5 Å². The predicted molar refractivity (Wildman–Crippen MR) is 391 cm³/mol. The third-order valence-electron chi connectivity index (χ3n) is 18.3. The summed E-state index contributed by atoms with van der Waals surface area (Å²) in [5.41, 5.74) is 0. The highest BCUT2D eigenvalue weighted by Gasteiger charge is 2.30. The quantitative estimate of drug-likeness (QED) is 0.0222. The van der Waals surface area contributed by atoms with E-state index in [-0.39, 0.29) is 25.7 Å². The first-order valence-electron chi connectivity index (χ1n) is 40.0. The van der Waals surface area contributed by atoms with Crippen molar-refractivity contribution in [3.05, 3.63) is 0 Å². The molecule has 0 aromatic carbocycles. The Balaban J connectivity index is 5.21. The van der Waals surface area contributed by atoms with Crippen LogP contribution in [0.25, 0.3) is 0 Å². The Labute approximate surface area is 588 Å². The molecule has 0 spiro atoms. The van der Waals surface area contributed by atoms with Gasteiger partial charge in [-0.15, -0.1) is 0 Å². The summed E-state index contributed by atoms with van der Waals surface area (Å²) in [6, 6.07) is 0. The largest absolute Gasteiger partial charge is 0.472 e. The van der Waals surface area contributed by atoms with E-state index in [1.165, 1.54) is 218 Å². The number of ether oxygens (including phenoxy) is 4. The van der Waals surface area contributed by atoms with E-state index in [1.54, 1.807) is 0 Å². The Morgan fingerprint density at radius 2 is 0.531 bits per heavy atom. The van der Waals surface area contributed by atoms with E-state index in [9.17, 15) is 43.2 Å². The van der Waals surface area contributed by atoms with Crippen LogP contribution in [0.4, 0.5) is 0 Å². The minimum absolute atomic E-state index is 0.103. The average molecular weight is 1410 g/mol. The van der Waals surface area contributed by atoms with Crippen LogP contribution in [0, 0.1) is 11.8 Å². The first kappa shape index (κ1) is 94.1. The maximum Gasteiger partial charge on any atom is 0.472 e. The van der Waals surface area contributed by atoms with E-state index in [0.717, 1.165) is 102 Å². The number of phosphoric ester groups is 2. The molecule has 570 valence electrons. The van der Waals surface area contributed by atoms with Crippen molar-refractivity contribution in [3.8, 4) is 0 Å². The number of aliphatic hydroxyl groups is 1. The molecule has 0 bridgehead atoms. The maximum absolute atomic E-state index is 13.1. The molecule has 19 heteroatoms. The molecule has 3 N–H and O–H groups in total. The summed E-state index contributed by atoms with van der Waals surface area (Å²) in [7, 11) is -9.91. The van der Waals surface area contributed by atoms with Crippen molar-refractivity contribution in [3.63, 3.8) is 0 Å². The van der Waals surface area contributed by atoms with E-state index in [1.807, 2.05) is 0 Å². The van der Waals surface area contributed by atoms with Crippen molar-refractivity contribution in [2.75, 3.05) is 39.6 Å². The summed E-state index contributed by atoms with van der Waals surface area (Å²) >= 11 is 0. The third-order valence-corrected chi connectivity index (χ3v) is 20.2. The highest BCUT2D eigenvalue weighted by Crippen LogP contribution is 2.45. The average Bonchev–Trinajstić information content (AvgIpc) is 1.12. The summed E-state index contributed by atoms with van der Waals surface area (Å²) in [5.74, 6) is -0.587. The van der Waals surface area contributed by atoms with E-state index in [2.05, 4.69) is 41.5 Å². The number of esters is 4. The number of carbonyl (C=O) groups is 4. The van der Waals surface area contributed by atoms with Crippen LogP contribution in [0.5, 0.6) is 0 Å². The Morgan fingerprint density at radius 1 is 0.302 bits per heavy atom. The van der Waals surface area contributed by atoms with Gasteiger partial charge in [0.15, 0.2) is 12.2 Å². The van der Waals surface area contributed by atoms with Gasteiger partial charge in [-0.05, 0) is 37.5 Å². The summed E-state index contributed by atoms with van der Waals surface area (Å²) in [6.07, 6.45) is 57.0. The fraction of sp³-hybridized carbons (Fsp3) is 0.948. The number of phosphoric acid groups is 2.